The smallest absolute Gasteiger partial charge is 0.163 e. The van der Waals surface area contributed by atoms with Gasteiger partial charge in [-0.1, -0.05) is 25.0 Å². The predicted octanol–water partition coefficient (Wildman–Crippen LogP) is 2.85. The van der Waals surface area contributed by atoms with Crippen LogP contribution < -0.4 is 5.32 Å². The number of aromatic nitrogens is 3. The van der Waals surface area contributed by atoms with Gasteiger partial charge in [-0.15, -0.1) is 10.2 Å². The molecule has 0 spiro atoms. The highest BCUT2D eigenvalue weighted by Crippen LogP contribution is 2.26. The minimum Gasteiger partial charge on any atom is -0.380 e. The first-order valence-electron chi connectivity index (χ1n) is 7.51. The van der Waals surface area contributed by atoms with Crippen LogP contribution in [0, 0.1) is 0 Å². The second kappa shape index (κ2) is 6.26. The van der Waals surface area contributed by atoms with E-state index in [9.17, 15) is 0 Å². The Morgan fingerprint density at radius 1 is 1.29 bits per heavy atom. The fourth-order valence-corrected chi connectivity index (χ4v) is 3.05. The molecule has 0 aliphatic heterocycles. The molecular formula is C16H22N4O. The van der Waals surface area contributed by atoms with Crippen LogP contribution in [0.5, 0.6) is 0 Å². The molecule has 0 saturated heterocycles. The van der Waals surface area contributed by atoms with Crippen LogP contribution in [0.25, 0.3) is 11.4 Å². The molecule has 112 valence electrons. The van der Waals surface area contributed by atoms with Gasteiger partial charge < -0.3 is 14.6 Å². The Bertz CT molecular complexity index is 595. The normalized spacial score (nSPS) is 22.2. The van der Waals surface area contributed by atoms with Crippen molar-refractivity contribution in [2.24, 2.45) is 7.05 Å². The maximum absolute atomic E-state index is 5.61. The molecule has 1 saturated carbocycles. The van der Waals surface area contributed by atoms with E-state index in [4.69, 9.17) is 4.74 Å². The van der Waals surface area contributed by atoms with Crippen LogP contribution in [0.1, 0.15) is 25.7 Å². The largest absolute Gasteiger partial charge is 0.380 e. The van der Waals surface area contributed by atoms with E-state index in [1.807, 2.05) is 11.6 Å². The van der Waals surface area contributed by atoms with Crippen molar-refractivity contribution in [3.8, 4) is 11.4 Å². The summed E-state index contributed by atoms with van der Waals surface area (Å²) in [6.45, 7) is 0. The van der Waals surface area contributed by atoms with Gasteiger partial charge in [-0.05, 0) is 25.0 Å². The second-order valence-electron chi connectivity index (χ2n) is 5.66. The fourth-order valence-electron chi connectivity index (χ4n) is 3.05. The lowest BCUT2D eigenvalue weighted by atomic mass is 9.92. The first-order chi connectivity index (χ1) is 10.3. The highest BCUT2D eigenvalue weighted by atomic mass is 16.5. The van der Waals surface area contributed by atoms with Gasteiger partial charge in [0.25, 0.3) is 0 Å². The quantitative estimate of drug-likeness (QED) is 0.939. The summed E-state index contributed by atoms with van der Waals surface area (Å²) in [4.78, 5) is 0. The first-order valence-corrected chi connectivity index (χ1v) is 7.51. The summed E-state index contributed by atoms with van der Waals surface area (Å²) < 4.78 is 7.54. The predicted molar refractivity (Wildman–Crippen MR) is 83.1 cm³/mol. The molecule has 1 aliphatic rings. The number of hydrogen-bond donors (Lipinski definition) is 1. The number of nitrogens with one attached hydrogen (secondary N) is 1. The Kier molecular flexibility index (Phi) is 4.20. The van der Waals surface area contributed by atoms with Gasteiger partial charge in [0.05, 0.1) is 12.1 Å². The van der Waals surface area contributed by atoms with Crippen molar-refractivity contribution >= 4 is 5.69 Å². The Labute approximate surface area is 125 Å². The Morgan fingerprint density at radius 2 is 2.14 bits per heavy atom. The van der Waals surface area contributed by atoms with Gasteiger partial charge in [0.1, 0.15) is 6.33 Å². The van der Waals surface area contributed by atoms with Gasteiger partial charge in [-0.25, -0.2) is 0 Å². The summed E-state index contributed by atoms with van der Waals surface area (Å²) in [6, 6.07) is 8.73. The molecule has 3 rings (SSSR count). The molecule has 1 aromatic carbocycles. The van der Waals surface area contributed by atoms with Crippen molar-refractivity contribution < 1.29 is 4.74 Å². The van der Waals surface area contributed by atoms with Crippen LogP contribution in [0.15, 0.2) is 30.6 Å². The molecule has 1 heterocycles. The van der Waals surface area contributed by atoms with E-state index in [2.05, 4.69) is 39.8 Å². The number of nitrogens with zero attached hydrogens (tertiary/aromatic N) is 3. The molecule has 2 atom stereocenters. The zero-order valence-corrected chi connectivity index (χ0v) is 12.6. The van der Waals surface area contributed by atoms with Crippen LogP contribution in [0.2, 0.25) is 0 Å². The third-order valence-electron chi connectivity index (χ3n) is 4.19. The zero-order chi connectivity index (χ0) is 14.7. The molecule has 1 fully saturated rings. The number of methoxy groups -OCH3 is 1. The zero-order valence-electron chi connectivity index (χ0n) is 12.6. The van der Waals surface area contributed by atoms with Crippen molar-refractivity contribution in [2.75, 3.05) is 12.4 Å². The van der Waals surface area contributed by atoms with Crippen LogP contribution in [0.3, 0.4) is 0 Å². The van der Waals surface area contributed by atoms with Crippen LogP contribution >= 0.6 is 0 Å². The lowest BCUT2D eigenvalue weighted by molar-refractivity contribution is 0.0606. The fraction of sp³-hybridized carbons (Fsp3) is 0.500. The topological polar surface area (TPSA) is 52.0 Å². The summed E-state index contributed by atoms with van der Waals surface area (Å²) in [5.41, 5.74) is 2.19. The minimum absolute atomic E-state index is 0.303. The minimum atomic E-state index is 0.303. The van der Waals surface area contributed by atoms with Crippen molar-refractivity contribution in [2.45, 2.75) is 37.8 Å². The van der Waals surface area contributed by atoms with E-state index >= 15 is 0 Å². The standard InChI is InChI=1S/C16H22N4O/c1-20-11-17-19-16(20)12-6-5-7-13(10-12)18-14-8-3-4-9-15(14)21-2/h5-7,10-11,14-15,18H,3-4,8-9H2,1-2H3. The lowest BCUT2D eigenvalue weighted by Gasteiger charge is -2.31. The molecule has 5 nitrogen and oxygen atoms in total. The number of anilines is 1. The van der Waals surface area contributed by atoms with E-state index < -0.39 is 0 Å². The highest BCUT2D eigenvalue weighted by Gasteiger charge is 2.24. The molecule has 21 heavy (non-hydrogen) atoms. The molecule has 2 unspecified atom stereocenters. The van der Waals surface area contributed by atoms with Crippen molar-refractivity contribution in [1.29, 1.82) is 0 Å². The molecule has 0 amide bonds. The summed E-state index contributed by atoms with van der Waals surface area (Å²) in [5.74, 6) is 0.880. The van der Waals surface area contributed by atoms with Crippen LogP contribution in [-0.4, -0.2) is 34.0 Å². The van der Waals surface area contributed by atoms with Crippen LogP contribution in [0.4, 0.5) is 5.69 Å². The van der Waals surface area contributed by atoms with E-state index in [0.717, 1.165) is 29.9 Å². The Morgan fingerprint density at radius 3 is 2.90 bits per heavy atom. The van der Waals surface area contributed by atoms with Crippen molar-refractivity contribution in [3.05, 3.63) is 30.6 Å². The third kappa shape index (κ3) is 3.08. The summed E-state index contributed by atoms with van der Waals surface area (Å²) >= 11 is 0. The number of benzene rings is 1. The SMILES string of the molecule is COC1CCCCC1Nc1cccc(-c2nncn2C)c1. The monoisotopic (exact) mass is 286 g/mol. The van der Waals surface area contributed by atoms with Gasteiger partial charge in [-0.2, -0.15) is 0 Å². The lowest BCUT2D eigenvalue weighted by Crippen LogP contribution is -2.37. The Balaban J connectivity index is 1.78. The van der Waals surface area contributed by atoms with Gasteiger partial charge in [-0.3, -0.25) is 0 Å². The van der Waals surface area contributed by atoms with Gasteiger partial charge in [0.15, 0.2) is 5.82 Å². The number of hydrogen-bond acceptors (Lipinski definition) is 4. The van der Waals surface area contributed by atoms with E-state index in [-0.39, 0.29) is 0 Å². The highest BCUT2D eigenvalue weighted by molar-refractivity contribution is 5.62. The number of rotatable bonds is 4. The van der Waals surface area contributed by atoms with E-state index in [1.54, 1.807) is 13.4 Å². The molecule has 5 heteroatoms. The average molecular weight is 286 g/mol. The van der Waals surface area contributed by atoms with Gasteiger partial charge >= 0.3 is 0 Å². The van der Waals surface area contributed by atoms with E-state index in [0.29, 0.717) is 12.1 Å². The Hall–Kier alpha value is -1.88. The van der Waals surface area contributed by atoms with E-state index in [1.165, 1.54) is 12.8 Å². The maximum Gasteiger partial charge on any atom is 0.163 e. The number of ether oxygens (including phenoxy) is 1. The summed E-state index contributed by atoms with van der Waals surface area (Å²) in [7, 11) is 3.76. The van der Waals surface area contributed by atoms with Gasteiger partial charge in [0, 0.05) is 25.4 Å². The number of aryl methyl sites for hydroxylation is 1. The van der Waals surface area contributed by atoms with Gasteiger partial charge in [0.2, 0.25) is 0 Å². The molecule has 1 aliphatic carbocycles. The molecule has 1 aromatic heterocycles. The van der Waals surface area contributed by atoms with Crippen molar-refractivity contribution in [3.63, 3.8) is 0 Å². The third-order valence-corrected chi connectivity index (χ3v) is 4.19. The van der Waals surface area contributed by atoms with Crippen molar-refractivity contribution in [1.82, 2.24) is 14.8 Å². The molecule has 2 aromatic rings. The molecule has 0 radical (unpaired) electrons. The summed E-state index contributed by atoms with van der Waals surface area (Å²) in [5, 5.41) is 11.7. The second-order valence-corrected chi connectivity index (χ2v) is 5.66. The van der Waals surface area contributed by atoms with Crippen LogP contribution in [-0.2, 0) is 11.8 Å². The first kappa shape index (κ1) is 14.1. The molecular weight excluding hydrogens is 264 g/mol. The average Bonchev–Trinajstić information content (AvgIpc) is 2.94. The molecule has 1 N–H and O–H groups in total. The maximum atomic E-state index is 5.61. The molecule has 0 bridgehead atoms. The summed E-state index contributed by atoms with van der Waals surface area (Å²) in [6.07, 6.45) is 6.84.